The predicted molar refractivity (Wildman–Crippen MR) is 116 cm³/mol. The zero-order valence-corrected chi connectivity index (χ0v) is 18.5. The van der Waals surface area contributed by atoms with Crippen molar-refractivity contribution < 1.29 is 14.6 Å². The summed E-state index contributed by atoms with van der Waals surface area (Å²) in [5, 5.41) is 9.63. The third kappa shape index (κ3) is 21.6. The Kier molecular flexibility index (Phi) is 21.3. The van der Waals surface area contributed by atoms with E-state index in [1.165, 1.54) is 83.5 Å². The molecular weight excluding hydrogens is 336 g/mol. The highest BCUT2D eigenvalue weighted by Crippen LogP contribution is 2.14. The van der Waals surface area contributed by atoms with Crippen LogP contribution >= 0.6 is 0 Å². The zero-order valence-electron chi connectivity index (χ0n) is 18.5. The van der Waals surface area contributed by atoms with Crippen LogP contribution in [0.2, 0.25) is 0 Å². The smallest absolute Gasteiger partial charge is 0.308 e. The minimum absolute atomic E-state index is 0.242. The van der Waals surface area contributed by atoms with Gasteiger partial charge in [0.2, 0.25) is 6.29 Å². The second kappa shape index (κ2) is 21.7. The van der Waals surface area contributed by atoms with Crippen LogP contribution in [0.1, 0.15) is 142 Å². The van der Waals surface area contributed by atoms with Gasteiger partial charge in [0, 0.05) is 12.8 Å². The first kappa shape index (κ1) is 26.4. The van der Waals surface area contributed by atoms with Crippen LogP contribution in [0.3, 0.4) is 0 Å². The highest BCUT2D eigenvalue weighted by Gasteiger charge is 2.10. The summed E-state index contributed by atoms with van der Waals surface area (Å²) in [5.41, 5.74) is 0. The Labute approximate surface area is 169 Å². The lowest BCUT2D eigenvalue weighted by atomic mass is 10.0. The second-order valence-corrected chi connectivity index (χ2v) is 8.14. The van der Waals surface area contributed by atoms with Crippen molar-refractivity contribution in [3.05, 3.63) is 0 Å². The standard InChI is InChI=1S/C24H48O3/c1-3-5-7-8-9-10-11-12-13-14-15-16-17-18-20-22-24(26)27-23(25)21-19-6-4-2/h23,25H,3-22H2,1-2H3. The van der Waals surface area contributed by atoms with Gasteiger partial charge in [-0.3, -0.25) is 4.79 Å². The molecule has 0 spiro atoms. The molecule has 3 nitrogen and oxygen atoms in total. The fraction of sp³-hybridized carbons (Fsp3) is 0.958. The number of hydrogen-bond acceptors (Lipinski definition) is 3. The quantitative estimate of drug-likeness (QED) is 0.125. The van der Waals surface area contributed by atoms with Crippen LogP contribution in [-0.2, 0) is 9.53 Å². The van der Waals surface area contributed by atoms with E-state index in [1.807, 2.05) is 0 Å². The van der Waals surface area contributed by atoms with E-state index in [9.17, 15) is 9.90 Å². The summed E-state index contributed by atoms with van der Waals surface area (Å²) < 4.78 is 5.03. The van der Waals surface area contributed by atoms with Gasteiger partial charge >= 0.3 is 5.97 Å². The first-order chi connectivity index (χ1) is 13.2. The van der Waals surface area contributed by atoms with E-state index in [2.05, 4.69) is 13.8 Å². The topological polar surface area (TPSA) is 46.5 Å². The Bertz CT molecular complexity index is 304. The molecule has 162 valence electrons. The maximum absolute atomic E-state index is 11.6. The van der Waals surface area contributed by atoms with Crippen molar-refractivity contribution in [1.82, 2.24) is 0 Å². The Morgan fingerprint density at radius 1 is 0.630 bits per heavy atom. The Morgan fingerprint density at radius 3 is 1.44 bits per heavy atom. The molecule has 3 heteroatoms. The minimum Gasteiger partial charge on any atom is -0.436 e. The monoisotopic (exact) mass is 384 g/mol. The molecule has 0 aromatic carbocycles. The normalized spacial score (nSPS) is 12.3. The van der Waals surface area contributed by atoms with Crippen LogP contribution in [0.15, 0.2) is 0 Å². The summed E-state index contributed by atoms with van der Waals surface area (Å²) in [6, 6.07) is 0. The Morgan fingerprint density at radius 2 is 1.00 bits per heavy atom. The van der Waals surface area contributed by atoms with Crippen molar-refractivity contribution in [2.45, 2.75) is 149 Å². The molecule has 0 aliphatic rings. The average Bonchev–Trinajstić information content (AvgIpc) is 2.65. The lowest BCUT2D eigenvalue weighted by Gasteiger charge is -2.11. The first-order valence-electron chi connectivity index (χ1n) is 12.1. The molecule has 1 unspecified atom stereocenters. The number of carbonyl (C=O) groups is 1. The molecule has 0 rings (SSSR count). The van der Waals surface area contributed by atoms with Crippen molar-refractivity contribution in [2.75, 3.05) is 0 Å². The molecule has 0 fully saturated rings. The van der Waals surface area contributed by atoms with Crippen molar-refractivity contribution in [3.63, 3.8) is 0 Å². The van der Waals surface area contributed by atoms with E-state index >= 15 is 0 Å². The van der Waals surface area contributed by atoms with Gasteiger partial charge in [-0.1, -0.05) is 117 Å². The second-order valence-electron chi connectivity index (χ2n) is 8.14. The largest absolute Gasteiger partial charge is 0.436 e. The summed E-state index contributed by atoms with van der Waals surface area (Å²) in [7, 11) is 0. The molecule has 27 heavy (non-hydrogen) atoms. The Balaban J connectivity index is 3.20. The van der Waals surface area contributed by atoms with Crippen LogP contribution in [0.25, 0.3) is 0 Å². The molecule has 0 heterocycles. The number of unbranched alkanes of at least 4 members (excludes halogenated alkanes) is 16. The van der Waals surface area contributed by atoms with E-state index in [0.717, 1.165) is 32.1 Å². The van der Waals surface area contributed by atoms with Gasteiger partial charge in [-0.05, 0) is 12.8 Å². The fourth-order valence-electron chi connectivity index (χ4n) is 3.48. The van der Waals surface area contributed by atoms with Crippen LogP contribution in [0.4, 0.5) is 0 Å². The number of esters is 1. The van der Waals surface area contributed by atoms with Gasteiger partial charge in [-0.2, -0.15) is 0 Å². The Hall–Kier alpha value is -0.570. The number of carbonyl (C=O) groups excluding carboxylic acids is 1. The molecule has 0 amide bonds. The minimum atomic E-state index is -0.902. The van der Waals surface area contributed by atoms with E-state index in [4.69, 9.17) is 4.74 Å². The molecule has 0 aliphatic carbocycles. The third-order valence-electron chi connectivity index (χ3n) is 5.31. The first-order valence-corrected chi connectivity index (χ1v) is 12.1. The summed E-state index contributed by atoms with van der Waals surface area (Å²) >= 11 is 0. The molecule has 0 bridgehead atoms. The maximum Gasteiger partial charge on any atom is 0.308 e. The number of ether oxygens (including phenoxy) is 1. The van der Waals surface area contributed by atoms with Crippen molar-refractivity contribution in [3.8, 4) is 0 Å². The van der Waals surface area contributed by atoms with Crippen LogP contribution in [-0.4, -0.2) is 17.4 Å². The highest BCUT2D eigenvalue weighted by molar-refractivity contribution is 5.69. The van der Waals surface area contributed by atoms with Crippen molar-refractivity contribution >= 4 is 5.97 Å². The van der Waals surface area contributed by atoms with Gasteiger partial charge in [0.15, 0.2) is 0 Å². The van der Waals surface area contributed by atoms with Gasteiger partial charge in [0.25, 0.3) is 0 Å². The number of hydrogen-bond donors (Lipinski definition) is 1. The molecule has 0 radical (unpaired) electrons. The molecule has 1 N–H and O–H groups in total. The summed E-state index contributed by atoms with van der Waals surface area (Å²) in [5.74, 6) is -0.242. The van der Waals surface area contributed by atoms with Crippen molar-refractivity contribution in [2.24, 2.45) is 0 Å². The highest BCUT2D eigenvalue weighted by atomic mass is 16.6. The number of aliphatic hydroxyl groups is 1. The molecular formula is C24H48O3. The van der Waals surface area contributed by atoms with Crippen LogP contribution in [0.5, 0.6) is 0 Å². The van der Waals surface area contributed by atoms with Gasteiger partial charge in [-0.15, -0.1) is 0 Å². The zero-order chi connectivity index (χ0) is 20.0. The lowest BCUT2D eigenvalue weighted by molar-refractivity contribution is -0.168. The van der Waals surface area contributed by atoms with Crippen LogP contribution < -0.4 is 0 Å². The molecule has 0 saturated heterocycles. The summed E-state index contributed by atoms with van der Waals surface area (Å²) in [6.45, 7) is 4.39. The number of rotatable bonds is 21. The average molecular weight is 385 g/mol. The van der Waals surface area contributed by atoms with E-state index in [-0.39, 0.29) is 5.97 Å². The summed E-state index contributed by atoms with van der Waals surface area (Å²) in [4.78, 5) is 11.6. The molecule has 0 aromatic rings. The fourth-order valence-corrected chi connectivity index (χ4v) is 3.48. The van der Waals surface area contributed by atoms with Gasteiger partial charge in [-0.25, -0.2) is 0 Å². The molecule has 0 saturated carbocycles. The molecule has 0 aliphatic heterocycles. The third-order valence-corrected chi connectivity index (χ3v) is 5.31. The SMILES string of the molecule is CCCCCCCCCCCCCCCCCC(=O)OC(O)CCCCC. The molecule has 1 atom stereocenters. The summed E-state index contributed by atoms with van der Waals surface area (Å²) in [6.07, 6.45) is 23.0. The van der Waals surface area contributed by atoms with Crippen LogP contribution in [0, 0.1) is 0 Å². The van der Waals surface area contributed by atoms with E-state index < -0.39 is 6.29 Å². The molecule has 0 aromatic heterocycles. The maximum atomic E-state index is 11.6. The van der Waals surface area contributed by atoms with E-state index in [0.29, 0.717) is 12.8 Å². The van der Waals surface area contributed by atoms with Gasteiger partial charge in [0.05, 0.1) is 0 Å². The van der Waals surface area contributed by atoms with Crippen molar-refractivity contribution in [1.29, 1.82) is 0 Å². The van der Waals surface area contributed by atoms with E-state index in [1.54, 1.807) is 0 Å². The van der Waals surface area contributed by atoms with Gasteiger partial charge < -0.3 is 9.84 Å². The van der Waals surface area contributed by atoms with Gasteiger partial charge in [0.1, 0.15) is 0 Å². The lowest BCUT2D eigenvalue weighted by Crippen LogP contribution is -2.17. The predicted octanol–water partition coefficient (Wildman–Crippen LogP) is 7.69. The number of aliphatic hydroxyl groups excluding tert-OH is 1.